The molecule has 1 unspecified atom stereocenters. The third kappa shape index (κ3) is 3.27. The number of hydrogen-bond acceptors (Lipinski definition) is 6. The summed E-state index contributed by atoms with van der Waals surface area (Å²) >= 11 is 0. The van der Waals surface area contributed by atoms with E-state index < -0.39 is 0 Å². The molecule has 21 heavy (non-hydrogen) atoms. The minimum absolute atomic E-state index is 0.180. The molecule has 0 aromatic carbocycles. The lowest BCUT2D eigenvalue weighted by Crippen LogP contribution is -2.35. The van der Waals surface area contributed by atoms with E-state index in [1.54, 1.807) is 0 Å². The molecule has 2 rings (SSSR count). The summed E-state index contributed by atoms with van der Waals surface area (Å²) in [5, 5.41) is 4.27. The van der Waals surface area contributed by atoms with Crippen molar-refractivity contribution in [1.29, 1.82) is 0 Å². The van der Waals surface area contributed by atoms with Crippen molar-refractivity contribution >= 4 is 0 Å². The van der Waals surface area contributed by atoms with Crippen LogP contribution < -0.4 is 5.73 Å². The first-order valence-corrected chi connectivity index (χ1v) is 7.99. The van der Waals surface area contributed by atoms with Crippen molar-refractivity contribution in [1.82, 2.24) is 19.9 Å². The zero-order valence-corrected chi connectivity index (χ0v) is 13.8. The number of hydrogen-bond donors (Lipinski definition) is 1. The SMILES string of the molecule is CCC(CC)(CN)c1nc(C2CN(C)CCCN2C)no1. The van der Waals surface area contributed by atoms with Crippen molar-refractivity contribution in [2.24, 2.45) is 5.73 Å². The predicted octanol–water partition coefficient (Wildman–Crippen LogP) is 1.39. The van der Waals surface area contributed by atoms with Crippen molar-refractivity contribution in [3.8, 4) is 0 Å². The average Bonchev–Trinajstić information content (AvgIpc) is 2.91. The molecule has 2 N–H and O–H groups in total. The topological polar surface area (TPSA) is 71.4 Å². The maximum Gasteiger partial charge on any atom is 0.234 e. The number of aromatic nitrogens is 2. The Balaban J connectivity index is 2.25. The summed E-state index contributed by atoms with van der Waals surface area (Å²) in [5.41, 5.74) is 5.80. The van der Waals surface area contributed by atoms with Gasteiger partial charge in [-0.25, -0.2) is 0 Å². The van der Waals surface area contributed by atoms with E-state index in [-0.39, 0.29) is 11.5 Å². The van der Waals surface area contributed by atoms with Gasteiger partial charge < -0.3 is 15.2 Å². The summed E-state index contributed by atoms with van der Waals surface area (Å²) in [6.45, 7) is 7.91. The molecule has 1 saturated heterocycles. The van der Waals surface area contributed by atoms with Gasteiger partial charge in [0.15, 0.2) is 5.82 Å². The van der Waals surface area contributed by atoms with Gasteiger partial charge in [-0.3, -0.25) is 4.90 Å². The van der Waals surface area contributed by atoms with Crippen LogP contribution in [-0.2, 0) is 5.41 Å². The fraction of sp³-hybridized carbons (Fsp3) is 0.867. The van der Waals surface area contributed by atoms with Crippen LogP contribution in [0.25, 0.3) is 0 Å². The predicted molar refractivity (Wildman–Crippen MR) is 83.1 cm³/mol. The van der Waals surface area contributed by atoms with Crippen molar-refractivity contribution < 1.29 is 4.52 Å². The second-order valence-corrected chi connectivity index (χ2v) is 6.26. The normalized spacial score (nSPS) is 22.4. The minimum atomic E-state index is -0.180. The first-order chi connectivity index (χ1) is 10.1. The molecular weight excluding hydrogens is 266 g/mol. The largest absolute Gasteiger partial charge is 0.339 e. The molecule has 2 heterocycles. The van der Waals surface area contributed by atoms with Crippen LogP contribution in [0.3, 0.4) is 0 Å². The lowest BCUT2D eigenvalue weighted by atomic mass is 9.82. The van der Waals surface area contributed by atoms with E-state index in [4.69, 9.17) is 15.2 Å². The number of nitrogens with two attached hydrogens (primary N) is 1. The van der Waals surface area contributed by atoms with Crippen LogP contribution in [0.4, 0.5) is 0 Å². The molecule has 1 aromatic heterocycles. The zero-order chi connectivity index (χ0) is 15.5. The highest BCUT2D eigenvalue weighted by Crippen LogP contribution is 2.31. The van der Waals surface area contributed by atoms with Gasteiger partial charge in [0.05, 0.1) is 11.5 Å². The fourth-order valence-corrected chi connectivity index (χ4v) is 3.06. The number of likely N-dealkylation sites (N-methyl/N-ethyl adjacent to an activating group) is 2. The Kier molecular flexibility index (Phi) is 5.35. The summed E-state index contributed by atoms with van der Waals surface area (Å²) in [6.07, 6.45) is 3.01. The molecule has 6 nitrogen and oxygen atoms in total. The van der Waals surface area contributed by atoms with Crippen LogP contribution in [0, 0.1) is 0 Å². The van der Waals surface area contributed by atoms with E-state index in [0.29, 0.717) is 12.4 Å². The highest BCUT2D eigenvalue weighted by atomic mass is 16.5. The summed E-state index contributed by atoms with van der Waals surface area (Å²) in [4.78, 5) is 9.37. The molecule has 1 aliphatic rings. The minimum Gasteiger partial charge on any atom is -0.339 e. The molecule has 1 atom stereocenters. The van der Waals surface area contributed by atoms with Crippen LogP contribution in [0.2, 0.25) is 0 Å². The summed E-state index contributed by atoms with van der Waals surface area (Å²) < 4.78 is 5.59. The monoisotopic (exact) mass is 295 g/mol. The molecule has 0 aliphatic carbocycles. The van der Waals surface area contributed by atoms with Crippen LogP contribution in [-0.4, -0.2) is 60.2 Å². The highest BCUT2D eigenvalue weighted by Gasteiger charge is 2.35. The molecule has 0 saturated carbocycles. The number of nitrogens with zero attached hydrogens (tertiary/aromatic N) is 4. The molecule has 1 aliphatic heterocycles. The number of rotatable bonds is 5. The maximum atomic E-state index is 5.98. The Morgan fingerprint density at radius 2 is 2.00 bits per heavy atom. The molecule has 0 bridgehead atoms. The molecule has 0 radical (unpaired) electrons. The lowest BCUT2D eigenvalue weighted by molar-refractivity contribution is 0.213. The Bertz CT molecular complexity index is 435. The first-order valence-electron chi connectivity index (χ1n) is 7.99. The second-order valence-electron chi connectivity index (χ2n) is 6.26. The van der Waals surface area contributed by atoms with Gasteiger partial charge in [-0.2, -0.15) is 4.98 Å². The average molecular weight is 295 g/mol. The standard InChI is InChI=1S/C15H29N5O/c1-5-15(6-2,11-16)14-17-13(18-21-14)12-10-19(3)8-7-9-20(12)4/h12H,5-11,16H2,1-4H3. The molecular formula is C15H29N5O. The fourth-order valence-electron chi connectivity index (χ4n) is 3.06. The molecule has 1 fully saturated rings. The smallest absolute Gasteiger partial charge is 0.234 e. The van der Waals surface area contributed by atoms with Gasteiger partial charge in [-0.15, -0.1) is 0 Å². The van der Waals surface area contributed by atoms with Crippen LogP contribution in [0.5, 0.6) is 0 Å². The third-order valence-corrected chi connectivity index (χ3v) is 5.01. The van der Waals surface area contributed by atoms with Crippen LogP contribution in [0.15, 0.2) is 4.52 Å². The summed E-state index contributed by atoms with van der Waals surface area (Å²) in [5.74, 6) is 1.49. The molecule has 120 valence electrons. The molecule has 0 amide bonds. The second kappa shape index (κ2) is 6.85. The third-order valence-electron chi connectivity index (χ3n) is 5.01. The van der Waals surface area contributed by atoms with Gasteiger partial charge in [0.2, 0.25) is 5.89 Å². The quantitative estimate of drug-likeness (QED) is 0.885. The molecule has 0 spiro atoms. The van der Waals surface area contributed by atoms with E-state index in [1.807, 2.05) is 0 Å². The van der Waals surface area contributed by atoms with Gasteiger partial charge in [-0.1, -0.05) is 19.0 Å². The Labute approximate surface area is 127 Å². The Morgan fingerprint density at radius 1 is 1.29 bits per heavy atom. The van der Waals surface area contributed by atoms with Crippen molar-refractivity contribution in [3.05, 3.63) is 11.7 Å². The van der Waals surface area contributed by atoms with E-state index in [0.717, 1.165) is 38.3 Å². The zero-order valence-electron chi connectivity index (χ0n) is 13.8. The Hall–Kier alpha value is -0.980. The molecule has 6 heteroatoms. The van der Waals surface area contributed by atoms with Crippen molar-refractivity contribution in [2.75, 3.05) is 40.3 Å². The summed E-state index contributed by atoms with van der Waals surface area (Å²) in [6, 6.07) is 0.194. The van der Waals surface area contributed by atoms with E-state index in [2.05, 4.69) is 42.9 Å². The highest BCUT2D eigenvalue weighted by molar-refractivity contribution is 5.08. The molecule has 1 aromatic rings. The van der Waals surface area contributed by atoms with Gasteiger partial charge in [0.1, 0.15) is 0 Å². The lowest BCUT2D eigenvalue weighted by Gasteiger charge is -2.26. The first kappa shape index (κ1) is 16.4. The van der Waals surface area contributed by atoms with Gasteiger partial charge >= 0.3 is 0 Å². The van der Waals surface area contributed by atoms with Gasteiger partial charge in [0, 0.05) is 13.1 Å². The van der Waals surface area contributed by atoms with E-state index in [1.165, 1.54) is 6.42 Å². The van der Waals surface area contributed by atoms with Crippen LogP contribution in [0.1, 0.15) is 50.9 Å². The van der Waals surface area contributed by atoms with Crippen molar-refractivity contribution in [3.63, 3.8) is 0 Å². The van der Waals surface area contributed by atoms with E-state index in [9.17, 15) is 0 Å². The van der Waals surface area contributed by atoms with Gasteiger partial charge in [-0.05, 0) is 46.4 Å². The van der Waals surface area contributed by atoms with Crippen LogP contribution >= 0.6 is 0 Å². The van der Waals surface area contributed by atoms with Crippen molar-refractivity contribution in [2.45, 2.75) is 44.6 Å². The summed E-state index contributed by atoms with van der Waals surface area (Å²) in [7, 11) is 4.28. The Morgan fingerprint density at radius 3 is 2.62 bits per heavy atom. The van der Waals surface area contributed by atoms with E-state index >= 15 is 0 Å². The van der Waals surface area contributed by atoms with Gasteiger partial charge in [0.25, 0.3) is 0 Å². The maximum absolute atomic E-state index is 5.98.